The number of guanidine groups is 1. The fourth-order valence-corrected chi connectivity index (χ4v) is 4.16. The summed E-state index contributed by atoms with van der Waals surface area (Å²) in [7, 11) is 1.77. The van der Waals surface area contributed by atoms with Crippen LogP contribution >= 0.6 is 35.6 Å². The highest BCUT2D eigenvalue weighted by Crippen LogP contribution is 2.20. The summed E-state index contributed by atoms with van der Waals surface area (Å²) in [6.07, 6.45) is 3.41. The van der Waals surface area contributed by atoms with Gasteiger partial charge in [0.1, 0.15) is 0 Å². The summed E-state index contributed by atoms with van der Waals surface area (Å²) in [6, 6.07) is 7.81. The Morgan fingerprint density at radius 3 is 2.84 bits per heavy atom. The molecule has 31 heavy (non-hydrogen) atoms. The maximum Gasteiger partial charge on any atom is 0.246 e. The van der Waals surface area contributed by atoms with E-state index < -0.39 is 0 Å². The number of hydrogen-bond acceptors (Lipinski definition) is 6. The molecule has 0 aliphatic carbocycles. The van der Waals surface area contributed by atoms with E-state index in [0.717, 1.165) is 57.2 Å². The van der Waals surface area contributed by atoms with Gasteiger partial charge in [0.2, 0.25) is 11.7 Å². The van der Waals surface area contributed by atoms with Gasteiger partial charge in [-0.1, -0.05) is 28.9 Å². The molecular weight excluding hydrogens is 531 g/mol. The van der Waals surface area contributed by atoms with Gasteiger partial charge in [0.25, 0.3) is 0 Å². The Bertz CT molecular complexity index is 850. The highest BCUT2D eigenvalue weighted by molar-refractivity contribution is 14.0. The van der Waals surface area contributed by atoms with E-state index in [2.05, 4.69) is 30.7 Å². The molecule has 1 aromatic heterocycles. The molecule has 1 aromatic carbocycles. The lowest BCUT2D eigenvalue weighted by Crippen LogP contribution is -2.49. The molecule has 0 bridgehead atoms. The average molecular weight is 561 g/mol. The lowest BCUT2D eigenvalue weighted by Gasteiger charge is -2.34. The van der Waals surface area contributed by atoms with Crippen molar-refractivity contribution >= 4 is 41.5 Å². The summed E-state index contributed by atoms with van der Waals surface area (Å²) < 4.78 is 10.9. The number of aliphatic imine (C=N–C) groups is 1. The van der Waals surface area contributed by atoms with E-state index in [4.69, 9.17) is 20.9 Å². The van der Waals surface area contributed by atoms with Crippen molar-refractivity contribution in [1.29, 1.82) is 0 Å². The van der Waals surface area contributed by atoms with Gasteiger partial charge in [-0.3, -0.25) is 4.99 Å². The first kappa shape index (κ1) is 24.2. The molecule has 170 valence electrons. The van der Waals surface area contributed by atoms with Crippen LogP contribution in [-0.2, 0) is 11.3 Å². The molecule has 0 amide bonds. The zero-order chi connectivity index (χ0) is 20.8. The van der Waals surface area contributed by atoms with Crippen molar-refractivity contribution < 1.29 is 9.26 Å². The van der Waals surface area contributed by atoms with E-state index in [1.807, 2.05) is 24.3 Å². The van der Waals surface area contributed by atoms with Crippen molar-refractivity contribution in [2.75, 3.05) is 39.9 Å². The van der Waals surface area contributed by atoms with Crippen LogP contribution < -0.4 is 10.6 Å². The molecule has 2 fully saturated rings. The fourth-order valence-electron chi connectivity index (χ4n) is 3.97. The number of piperidine rings is 1. The molecular formula is C21H30ClIN6O2. The molecule has 0 spiro atoms. The summed E-state index contributed by atoms with van der Waals surface area (Å²) in [5, 5.41) is 11.5. The predicted octanol–water partition coefficient (Wildman–Crippen LogP) is 3.17. The van der Waals surface area contributed by atoms with Crippen LogP contribution in [0.3, 0.4) is 0 Å². The number of rotatable bonds is 6. The van der Waals surface area contributed by atoms with Crippen molar-refractivity contribution in [3.05, 3.63) is 35.2 Å². The first-order valence-electron chi connectivity index (χ1n) is 10.6. The van der Waals surface area contributed by atoms with Gasteiger partial charge in [0.15, 0.2) is 5.96 Å². The third-order valence-corrected chi connectivity index (χ3v) is 5.89. The van der Waals surface area contributed by atoms with Gasteiger partial charge in [-0.25, -0.2) is 0 Å². The van der Waals surface area contributed by atoms with Crippen molar-refractivity contribution in [3.63, 3.8) is 0 Å². The van der Waals surface area contributed by atoms with E-state index in [0.29, 0.717) is 35.2 Å². The number of aromatic nitrogens is 2. The summed E-state index contributed by atoms with van der Waals surface area (Å²) in [5.41, 5.74) is 0.830. The van der Waals surface area contributed by atoms with Crippen molar-refractivity contribution in [2.24, 2.45) is 10.9 Å². The number of benzene rings is 1. The van der Waals surface area contributed by atoms with Crippen LogP contribution in [0.15, 0.2) is 33.8 Å². The Balaban J connectivity index is 0.00000272. The lowest BCUT2D eigenvalue weighted by atomic mass is 10.0. The topological polar surface area (TPSA) is 87.8 Å². The third kappa shape index (κ3) is 7.03. The van der Waals surface area contributed by atoms with Gasteiger partial charge in [-0.05, 0) is 37.3 Å². The maximum atomic E-state index is 6.04. The minimum Gasteiger partial charge on any atom is -0.381 e. The zero-order valence-electron chi connectivity index (χ0n) is 17.7. The predicted molar refractivity (Wildman–Crippen MR) is 132 cm³/mol. The van der Waals surface area contributed by atoms with Crippen LogP contribution in [0.2, 0.25) is 5.02 Å². The molecule has 2 aliphatic heterocycles. The molecule has 1 atom stereocenters. The Labute approximate surface area is 205 Å². The first-order valence-corrected chi connectivity index (χ1v) is 10.9. The van der Waals surface area contributed by atoms with Gasteiger partial charge in [-0.15, -0.1) is 24.0 Å². The Morgan fingerprint density at radius 2 is 2.13 bits per heavy atom. The minimum absolute atomic E-state index is 0. The quantitative estimate of drug-likeness (QED) is 0.319. The molecule has 8 nitrogen and oxygen atoms in total. The second kappa shape index (κ2) is 12.0. The zero-order valence-corrected chi connectivity index (χ0v) is 20.8. The summed E-state index contributed by atoms with van der Waals surface area (Å²) in [4.78, 5) is 11.3. The van der Waals surface area contributed by atoms with E-state index in [1.54, 1.807) is 7.05 Å². The summed E-state index contributed by atoms with van der Waals surface area (Å²) >= 11 is 6.04. The number of halogens is 2. The first-order chi connectivity index (χ1) is 14.7. The smallest absolute Gasteiger partial charge is 0.246 e. The van der Waals surface area contributed by atoms with Gasteiger partial charge in [0.05, 0.1) is 13.2 Å². The fraction of sp³-hybridized carbons (Fsp3) is 0.571. The molecule has 0 radical (unpaired) electrons. The average Bonchev–Trinajstić information content (AvgIpc) is 3.44. The normalized spacial score (nSPS) is 20.5. The molecule has 3 heterocycles. The summed E-state index contributed by atoms with van der Waals surface area (Å²) in [5.74, 6) is 2.48. The van der Waals surface area contributed by atoms with Crippen LogP contribution in [0, 0.1) is 5.92 Å². The van der Waals surface area contributed by atoms with Crippen LogP contribution in [0.1, 0.15) is 25.2 Å². The van der Waals surface area contributed by atoms with Crippen molar-refractivity contribution in [1.82, 2.24) is 25.7 Å². The van der Waals surface area contributed by atoms with Gasteiger partial charge in [-0.2, -0.15) is 4.98 Å². The third-order valence-electron chi connectivity index (χ3n) is 5.65. The molecule has 4 rings (SSSR count). The minimum atomic E-state index is 0. The van der Waals surface area contributed by atoms with Gasteiger partial charge >= 0.3 is 0 Å². The standard InChI is InChI=1S/C21H29ClN6O2.HI/c1-23-21(25-18-5-8-28(9-6-18)13-15-7-10-29-14-15)24-12-19-26-20(27-30-19)16-3-2-4-17(22)11-16;/h2-4,11,15,18H,5-10,12-14H2,1H3,(H2,23,24,25);1H. The molecule has 0 saturated carbocycles. The maximum absolute atomic E-state index is 6.04. The van der Waals surface area contributed by atoms with Crippen molar-refractivity contribution in [2.45, 2.75) is 31.8 Å². The van der Waals surface area contributed by atoms with Gasteiger partial charge in [0, 0.05) is 49.9 Å². The number of hydrogen-bond donors (Lipinski definition) is 2. The van der Waals surface area contributed by atoms with Crippen molar-refractivity contribution in [3.8, 4) is 11.4 Å². The van der Waals surface area contributed by atoms with Crippen LogP contribution in [-0.4, -0.2) is 66.9 Å². The Morgan fingerprint density at radius 1 is 1.29 bits per heavy atom. The second-order valence-corrected chi connectivity index (χ2v) is 8.33. The lowest BCUT2D eigenvalue weighted by molar-refractivity contribution is 0.150. The van der Waals surface area contributed by atoms with Crippen LogP contribution in [0.5, 0.6) is 0 Å². The Kier molecular flexibility index (Phi) is 9.36. The Hall–Kier alpha value is -1.43. The van der Waals surface area contributed by atoms with Gasteiger partial charge < -0.3 is 24.8 Å². The molecule has 2 aromatic rings. The van der Waals surface area contributed by atoms with Crippen LogP contribution in [0.4, 0.5) is 0 Å². The van der Waals surface area contributed by atoms with E-state index in [-0.39, 0.29) is 24.0 Å². The summed E-state index contributed by atoms with van der Waals surface area (Å²) in [6.45, 7) is 5.63. The van der Waals surface area contributed by atoms with E-state index in [1.165, 1.54) is 6.42 Å². The molecule has 10 heteroatoms. The number of likely N-dealkylation sites (tertiary alicyclic amines) is 1. The largest absolute Gasteiger partial charge is 0.381 e. The van der Waals surface area contributed by atoms with Crippen LogP contribution in [0.25, 0.3) is 11.4 Å². The number of nitrogens with one attached hydrogen (secondary N) is 2. The molecule has 2 N–H and O–H groups in total. The highest BCUT2D eigenvalue weighted by Gasteiger charge is 2.24. The molecule has 1 unspecified atom stereocenters. The monoisotopic (exact) mass is 560 g/mol. The van der Waals surface area contributed by atoms with E-state index in [9.17, 15) is 0 Å². The number of ether oxygens (including phenoxy) is 1. The molecule has 2 saturated heterocycles. The second-order valence-electron chi connectivity index (χ2n) is 7.90. The van der Waals surface area contributed by atoms with E-state index >= 15 is 0 Å². The molecule has 2 aliphatic rings. The SMILES string of the molecule is CN=C(NCc1nc(-c2cccc(Cl)c2)no1)NC1CCN(CC2CCOC2)CC1.I. The highest BCUT2D eigenvalue weighted by atomic mass is 127. The number of nitrogens with zero attached hydrogens (tertiary/aromatic N) is 4.